The molecule has 0 radical (unpaired) electrons. The minimum atomic E-state index is -0.404. The summed E-state index contributed by atoms with van der Waals surface area (Å²) < 4.78 is 0. The molecule has 0 aromatic heterocycles. The Labute approximate surface area is 140 Å². The number of primary amides is 1. The van der Waals surface area contributed by atoms with Crippen LogP contribution in [0.5, 0.6) is 0 Å². The van der Waals surface area contributed by atoms with Gasteiger partial charge in [-0.3, -0.25) is 9.59 Å². The van der Waals surface area contributed by atoms with Crippen LogP contribution in [-0.2, 0) is 4.79 Å². The molecule has 2 amide bonds. The molecule has 1 atom stereocenters. The number of amides is 2. The fraction of sp³-hybridized carbons (Fsp3) is 0.222. The number of hydrogen-bond acceptors (Lipinski definition) is 3. The van der Waals surface area contributed by atoms with E-state index in [2.05, 4.69) is 5.32 Å². The second-order valence-corrected chi connectivity index (χ2v) is 6.32. The van der Waals surface area contributed by atoms with Crippen molar-refractivity contribution in [3.8, 4) is 0 Å². The number of carbonyl (C=O) groups is 2. The number of nitrogens with one attached hydrogen (secondary N) is 1. The lowest BCUT2D eigenvalue weighted by molar-refractivity contribution is -0.115. The van der Waals surface area contributed by atoms with Crippen molar-refractivity contribution in [1.82, 2.24) is 5.32 Å². The molecule has 0 fully saturated rings. The first-order valence-corrected chi connectivity index (χ1v) is 8.34. The van der Waals surface area contributed by atoms with Crippen molar-refractivity contribution < 1.29 is 9.59 Å². The molecule has 1 unspecified atom stereocenters. The Kier molecular flexibility index (Phi) is 5.82. The lowest BCUT2D eigenvalue weighted by atomic mass is 10.0. The Hall–Kier alpha value is -2.27. The third kappa shape index (κ3) is 4.60. The van der Waals surface area contributed by atoms with Gasteiger partial charge in [-0.15, -0.1) is 11.8 Å². The van der Waals surface area contributed by atoms with E-state index in [1.165, 1.54) is 11.8 Å². The van der Waals surface area contributed by atoms with Gasteiger partial charge < -0.3 is 11.1 Å². The maximum atomic E-state index is 12.6. The van der Waals surface area contributed by atoms with Gasteiger partial charge in [0.05, 0.1) is 17.4 Å². The zero-order chi connectivity index (χ0) is 16.8. The van der Waals surface area contributed by atoms with Gasteiger partial charge in [0.2, 0.25) is 5.91 Å². The highest BCUT2D eigenvalue weighted by molar-refractivity contribution is 8.00. The minimum Gasteiger partial charge on any atom is -0.369 e. The summed E-state index contributed by atoms with van der Waals surface area (Å²) in [4.78, 5) is 24.3. The Balaban J connectivity index is 2.14. The average Bonchev–Trinajstić information content (AvgIpc) is 2.53. The van der Waals surface area contributed by atoms with E-state index < -0.39 is 5.91 Å². The van der Waals surface area contributed by atoms with Crippen LogP contribution >= 0.6 is 11.8 Å². The fourth-order valence-electron chi connectivity index (χ4n) is 2.35. The van der Waals surface area contributed by atoms with Crippen LogP contribution in [0.2, 0.25) is 0 Å². The van der Waals surface area contributed by atoms with E-state index in [0.29, 0.717) is 5.56 Å². The molecule has 2 aromatic rings. The van der Waals surface area contributed by atoms with Gasteiger partial charge in [-0.2, -0.15) is 0 Å². The highest BCUT2D eigenvalue weighted by Gasteiger charge is 2.16. The Bertz CT molecular complexity index is 716. The summed E-state index contributed by atoms with van der Waals surface area (Å²) in [7, 11) is 0. The lowest BCUT2D eigenvalue weighted by Crippen LogP contribution is -2.27. The van der Waals surface area contributed by atoms with Crippen molar-refractivity contribution in [1.29, 1.82) is 0 Å². The predicted molar refractivity (Wildman–Crippen MR) is 93.4 cm³/mol. The zero-order valence-corrected chi connectivity index (χ0v) is 14.0. The fourth-order valence-corrected chi connectivity index (χ4v) is 3.14. The summed E-state index contributed by atoms with van der Waals surface area (Å²) in [6, 6.07) is 15.1. The maximum absolute atomic E-state index is 12.6. The second kappa shape index (κ2) is 7.83. The van der Waals surface area contributed by atoms with Gasteiger partial charge in [-0.1, -0.05) is 36.4 Å². The number of benzene rings is 2. The van der Waals surface area contributed by atoms with Crippen LogP contribution < -0.4 is 11.1 Å². The lowest BCUT2D eigenvalue weighted by Gasteiger charge is -2.17. The maximum Gasteiger partial charge on any atom is 0.252 e. The molecule has 23 heavy (non-hydrogen) atoms. The van der Waals surface area contributed by atoms with Gasteiger partial charge in [-0.05, 0) is 37.1 Å². The third-order valence-corrected chi connectivity index (χ3v) is 4.60. The van der Waals surface area contributed by atoms with Gasteiger partial charge >= 0.3 is 0 Å². The van der Waals surface area contributed by atoms with Crippen LogP contribution in [0.25, 0.3) is 0 Å². The van der Waals surface area contributed by atoms with Crippen molar-refractivity contribution >= 4 is 23.6 Å². The van der Waals surface area contributed by atoms with E-state index in [1.807, 2.05) is 56.3 Å². The molecule has 5 heteroatoms. The second-order valence-electron chi connectivity index (χ2n) is 5.30. The first-order chi connectivity index (χ1) is 11.0. The van der Waals surface area contributed by atoms with Crippen LogP contribution in [0.1, 0.15) is 34.5 Å². The highest BCUT2D eigenvalue weighted by atomic mass is 32.2. The Morgan fingerprint density at radius 3 is 2.48 bits per heavy atom. The molecule has 0 aliphatic rings. The SMILES string of the molecule is Cc1ccccc1C(C)NC(=O)c1ccccc1SCC(N)=O. The summed E-state index contributed by atoms with van der Waals surface area (Å²) >= 11 is 1.27. The quantitative estimate of drug-likeness (QED) is 0.801. The summed E-state index contributed by atoms with van der Waals surface area (Å²) in [5.74, 6) is -0.413. The molecule has 0 bridgehead atoms. The Morgan fingerprint density at radius 1 is 1.13 bits per heavy atom. The summed E-state index contributed by atoms with van der Waals surface area (Å²) in [5, 5.41) is 3.01. The van der Waals surface area contributed by atoms with Crippen molar-refractivity contribution in [2.24, 2.45) is 5.73 Å². The van der Waals surface area contributed by atoms with Crippen LogP contribution in [0.4, 0.5) is 0 Å². The monoisotopic (exact) mass is 328 g/mol. The molecule has 4 nitrogen and oxygen atoms in total. The van der Waals surface area contributed by atoms with Crippen LogP contribution in [-0.4, -0.2) is 17.6 Å². The molecule has 2 aromatic carbocycles. The molecule has 0 aliphatic carbocycles. The van der Waals surface area contributed by atoms with Crippen molar-refractivity contribution in [3.63, 3.8) is 0 Å². The van der Waals surface area contributed by atoms with Gasteiger partial charge in [0.1, 0.15) is 0 Å². The number of nitrogens with two attached hydrogens (primary N) is 1. The number of aryl methyl sites for hydroxylation is 1. The molecule has 0 aliphatic heterocycles. The largest absolute Gasteiger partial charge is 0.369 e. The first kappa shape index (κ1) is 17.1. The molecule has 0 saturated carbocycles. The van der Waals surface area contributed by atoms with E-state index in [1.54, 1.807) is 6.07 Å². The number of carbonyl (C=O) groups excluding carboxylic acids is 2. The highest BCUT2D eigenvalue weighted by Crippen LogP contribution is 2.23. The Morgan fingerprint density at radius 2 is 1.78 bits per heavy atom. The summed E-state index contributed by atoms with van der Waals surface area (Å²) in [6.45, 7) is 3.98. The van der Waals surface area contributed by atoms with Gasteiger partial charge in [0.25, 0.3) is 5.91 Å². The van der Waals surface area contributed by atoms with Crippen molar-refractivity contribution in [2.75, 3.05) is 5.75 Å². The minimum absolute atomic E-state index is 0.0992. The van der Waals surface area contributed by atoms with E-state index in [4.69, 9.17) is 5.73 Å². The molecular weight excluding hydrogens is 308 g/mol. The smallest absolute Gasteiger partial charge is 0.252 e. The molecule has 0 heterocycles. The van der Waals surface area contributed by atoms with Gasteiger partial charge in [0.15, 0.2) is 0 Å². The standard InChI is InChI=1S/C18H20N2O2S/c1-12-7-3-4-8-14(12)13(2)20-18(22)15-9-5-6-10-16(15)23-11-17(19)21/h3-10,13H,11H2,1-2H3,(H2,19,21)(H,20,22). The van der Waals surface area contributed by atoms with Crippen LogP contribution in [0.3, 0.4) is 0 Å². The van der Waals surface area contributed by atoms with Crippen molar-refractivity contribution in [2.45, 2.75) is 24.8 Å². The van der Waals surface area contributed by atoms with E-state index in [9.17, 15) is 9.59 Å². The van der Waals surface area contributed by atoms with E-state index in [0.717, 1.165) is 16.0 Å². The van der Waals surface area contributed by atoms with Gasteiger partial charge in [-0.25, -0.2) is 0 Å². The summed E-state index contributed by atoms with van der Waals surface area (Å²) in [6.07, 6.45) is 0. The molecule has 0 saturated heterocycles. The average molecular weight is 328 g/mol. The number of thioether (sulfide) groups is 1. The molecule has 0 spiro atoms. The topological polar surface area (TPSA) is 72.2 Å². The van der Waals surface area contributed by atoms with Crippen molar-refractivity contribution in [3.05, 3.63) is 65.2 Å². The predicted octanol–water partition coefficient (Wildman–Crippen LogP) is 3.06. The molecule has 3 N–H and O–H groups in total. The van der Waals surface area contributed by atoms with Gasteiger partial charge in [0, 0.05) is 4.90 Å². The normalized spacial score (nSPS) is 11.7. The summed E-state index contributed by atoms with van der Waals surface area (Å²) in [5.41, 5.74) is 7.96. The molecule has 2 rings (SSSR count). The molecular formula is C18H20N2O2S. The number of rotatable bonds is 6. The molecule has 120 valence electrons. The first-order valence-electron chi connectivity index (χ1n) is 7.35. The van der Waals surface area contributed by atoms with Crippen LogP contribution in [0.15, 0.2) is 53.4 Å². The zero-order valence-electron chi connectivity index (χ0n) is 13.2. The van der Waals surface area contributed by atoms with E-state index >= 15 is 0 Å². The van der Waals surface area contributed by atoms with Crippen LogP contribution in [0, 0.1) is 6.92 Å². The number of hydrogen-bond donors (Lipinski definition) is 2. The third-order valence-electron chi connectivity index (χ3n) is 3.50. The van der Waals surface area contributed by atoms with E-state index in [-0.39, 0.29) is 17.7 Å².